The van der Waals surface area contributed by atoms with Crippen LogP contribution in [0, 0.1) is 5.82 Å². The summed E-state index contributed by atoms with van der Waals surface area (Å²) < 4.78 is 52.9. The van der Waals surface area contributed by atoms with E-state index in [0.717, 1.165) is 13.1 Å². The van der Waals surface area contributed by atoms with Gasteiger partial charge >= 0.3 is 0 Å². The van der Waals surface area contributed by atoms with Crippen molar-refractivity contribution in [3.05, 3.63) is 71.0 Å². The minimum Gasteiger partial charge on any atom is -0.507 e. The molecule has 3 saturated heterocycles. The second-order valence-electron chi connectivity index (χ2n) is 9.86. The minimum atomic E-state index is -3.77. The normalized spacial score (nSPS) is 22.6. The molecule has 3 heterocycles. The number of Topliss-reactive ketones (excluding diaryl/α,β-unsaturated/α-hetero) is 1. The zero-order valence-electron chi connectivity index (χ0n) is 22.0. The molecule has 12 heteroatoms. The smallest absolute Gasteiger partial charge is 0.295 e. The third-order valence-corrected chi connectivity index (χ3v) is 9.37. The maximum atomic E-state index is 15.0. The van der Waals surface area contributed by atoms with Crippen LogP contribution in [0.2, 0.25) is 0 Å². The fourth-order valence-corrected chi connectivity index (χ4v) is 6.70. The summed E-state index contributed by atoms with van der Waals surface area (Å²) in [5, 5.41) is 11.3. The van der Waals surface area contributed by atoms with Crippen LogP contribution in [-0.4, -0.2) is 105 Å². The molecule has 10 nitrogen and oxygen atoms in total. The Morgan fingerprint density at radius 1 is 0.900 bits per heavy atom. The van der Waals surface area contributed by atoms with Crippen LogP contribution in [0.3, 0.4) is 0 Å². The summed E-state index contributed by atoms with van der Waals surface area (Å²) in [6.45, 7) is 4.76. The number of carbonyl (C=O) groups is 2. The van der Waals surface area contributed by atoms with E-state index in [1.807, 2.05) is 0 Å². The van der Waals surface area contributed by atoms with Gasteiger partial charge in [0.05, 0.1) is 42.9 Å². The fourth-order valence-electron chi connectivity index (χ4n) is 5.30. The Morgan fingerprint density at radius 2 is 1.52 bits per heavy atom. The number of aliphatic hydroxyl groups is 1. The quantitative estimate of drug-likeness (QED) is 0.290. The lowest BCUT2D eigenvalue weighted by Gasteiger charge is -2.29. The summed E-state index contributed by atoms with van der Waals surface area (Å²) in [4.78, 5) is 30.0. The first kappa shape index (κ1) is 28.4. The monoisotopic (exact) mass is 573 g/mol. The summed E-state index contributed by atoms with van der Waals surface area (Å²) in [5.74, 6) is -2.83. The van der Waals surface area contributed by atoms with Crippen LogP contribution in [0.25, 0.3) is 5.76 Å². The average molecular weight is 574 g/mol. The first-order chi connectivity index (χ1) is 19.3. The van der Waals surface area contributed by atoms with Crippen LogP contribution in [0.1, 0.15) is 23.6 Å². The highest BCUT2D eigenvalue weighted by Crippen LogP contribution is 2.40. The number of morpholine rings is 2. The van der Waals surface area contributed by atoms with Crippen LogP contribution < -0.4 is 0 Å². The van der Waals surface area contributed by atoms with Crippen LogP contribution in [-0.2, 0) is 29.1 Å². The molecule has 0 spiro atoms. The standard InChI is InChI=1S/C28H32FN3O7S/c29-23-5-2-1-4-22(23)25-24(27(34)28(35)32(25)11-3-10-30-12-16-38-17-13-30)26(33)20-6-8-21(9-7-20)40(36,37)31-14-18-39-19-15-31/h1-2,4-9,25,33H,3,10-19H2/t25-/m0/s1. The van der Waals surface area contributed by atoms with Gasteiger partial charge in [-0.15, -0.1) is 0 Å². The van der Waals surface area contributed by atoms with Gasteiger partial charge in [-0.05, 0) is 36.8 Å². The highest BCUT2D eigenvalue weighted by atomic mass is 32.2. The van der Waals surface area contributed by atoms with Gasteiger partial charge in [-0.1, -0.05) is 18.2 Å². The number of nitrogens with zero attached hydrogens (tertiary/aromatic N) is 3. The van der Waals surface area contributed by atoms with E-state index in [0.29, 0.717) is 39.4 Å². The number of amides is 1. The van der Waals surface area contributed by atoms with E-state index in [1.165, 1.54) is 51.7 Å². The van der Waals surface area contributed by atoms with Gasteiger partial charge in [0, 0.05) is 50.4 Å². The van der Waals surface area contributed by atoms with E-state index in [2.05, 4.69) is 4.90 Å². The van der Waals surface area contributed by atoms with Crippen LogP contribution in [0.4, 0.5) is 4.39 Å². The Morgan fingerprint density at radius 3 is 2.17 bits per heavy atom. The predicted molar refractivity (Wildman–Crippen MR) is 143 cm³/mol. The lowest BCUT2D eigenvalue weighted by atomic mass is 9.95. The van der Waals surface area contributed by atoms with Crippen molar-refractivity contribution in [2.24, 2.45) is 0 Å². The molecular formula is C28H32FN3O7S. The molecule has 5 rings (SSSR count). The first-order valence-corrected chi connectivity index (χ1v) is 14.7. The molecule has 214 valence electrons. The molecule has 1 amide bonds. The summed E-state index contributed by atoms with van der Waals surface area (Å²) >= 11 is 0. The van der Waals surface area contributed by atoms with Gasteiger partial charge in [-0.3, -0.25) is 14.5 Å². The fraction of sp³-hybridized carbons (Fsp3) is 0.429. The van der Waals surface area contributed by atoms with Crippen molar-refractivity contribution >= 4 is 27.5 Å². The summed E-state index contributed by atoms with van der Waals surface area (Å²) in [6.07, 6.45) is 0.548. The number of carbonyl (C=O) groups excluding carboxylic acids is 2. The third-order valence-electron chi connectivity index (χ3n) is 7.45. The molecule has 1 atom stereocenters. The van der Waals surface area contributed by atoms with Crippen LogP contribution in [0.15, 0.2) is 59.0 Å². The summed E-state index contributed by atoms with van der Waals surface area (Å²) in [7, 11) is -3.77. The molecule has 0 aliphatic carbocycles. The topological polar surface area (TPSA) is 117 Å². The van der Waals surface area contributed by atoms with Crippen molar-refractivity contribution in [3.63, 3.8) is 0 Å². The molecule has 0 bridgehead atoms. The second kappa shape index (κ2) is 12.1. The SMILES string of the molecule is O=C1C(=O)N(CCCN2CCOCC2)[C@@H](c2ccccc2F)C1=C(O)c1ccc(S(=O)(=O)N2CCOCC2)cc1. The number of ether oxygens (including phenoxy) is 2. The van der Waals surface area contributed by atoms with Gasteiger partial charge in [0.2, 0.25) is 10.0 Å². The number of aliphatic hydroxyl groups excluding tert-OH is 1. The van der Waals surface area contributed by atoms with Crippen molar-refractivity contribution in [1.29, 1.82) is 0 Å². The van der Waals surface area contributed by atoms with Gasteiger partial charge < -0.3 is 19.5 Å². The molecule has 3 aliphatic heterocycles. The molecule has 1 N–H and O–H groups in total. The zero-order chi connectivity index (χ0) is 28.3. The maximum Gasteiger partial charge on any atom is 0.295 e. The van der Waals surface area contributed by atoms with Crippen molar-refractivity contribution in [2.45, 2.75) is 17.4 Å². The largest absolute Gasteiger partial charge is 0.507 e. The summed E-state index contributed by atoms with van der Waals surface area (Å²) in [5.41, 5.74) is 0.0139. The van der Waals surface area contributed by atoms with Crippen molar-refractivity contribution in [3.8, 4) is 0 Å². The van der Waals surface area contributed by atoms with E-state index in [4.69, 9.17) is 9.47 Å². The number of halogens is 1. The average Bonchev–Trinajstić information content (AvgIpc) is 3.23. The minimum absolute atomic E-state index is 0.0279. The summed E-state index contributed by atoms with van der Waals surface area (Å²) in [6, 6.07) is 10.2. The molecule has 3 aliphatic rings. The van der Waals surface area contributed by atoms with Gasteiger partial charge in [0.25, 0.3) is 11.7 Å². The van der Waals surface area contributed by atoms with E-state index in [9.17, 15) is 23.1 Å². The van der Waals surface area contributed by atoms with E-state index in [1.54, 1.807) is 6.07 Å². The maximum absolute atomic E-state index is 15.0. The number of hydrogen-bond acceptors (Lipinski definition) is 8. The van der Waals surface area contributed by atoms with Gasteiger partial charge in [0.1, 0.15) is 11.6 Å². The number of benzene rings is 2. The molecule has 2 aromatic rings. The highest BCUT2D eigenvalue weighted by molar-refractivity contribution is 7.89. The molecule has 2 aromatic carbocycles. The Kier molecular flexibility index (Phi) is 8.62. The number of sulfonamides is 1. The molecule has 0 aromatic heterocycles. The van der Waals surface area contributed by atoms with Crippen LogP contribution >= 0.6 is 0 Å². The van der Waals surface area contributed by atoms with Crippen LogP contribution in [0.5, 0.6) is 0 Å². The molecule has 0 saturated carbocycles. The predicted octanol–water partition coefficient (Wildman–Crippen LogP) is 1.99. The molecule has 0 radical (unpaired) electrons. The van der Waals surface area contributed by atoms with Crippen molar-refractivity contribution in [2.75, 3.05) is 65.7 Å². The Balaban J connectivity index is 1.45. The molecular weight excluding hydrogens is 541 g/mol. The molecule has 0 unspecified atom stereocenters. The Bertz CT molecular complexity index is 1380. The van der Waals surface area contributed by atoms with Gasteiger partial charge in [0.15, 0.2) is 0 Å². The van der Waals surface area contributed by atoms with Gasteiger partial charge in [-0.2, -0.15) is 4.31 Å². The Labute approximate surface area is 232 Å². The molecule has 3 fully saturated rings. The number of rotatable bonds is 8. The Hall–Kier alpha value is -3.16. The number of likely N-dealkylation sites (tertiary alicyclic amines) is 1. The van der Waals surface area contributed by atoms with E-state index >= 15 is 4.39 Å². The van der Waals surface area contributed by atoms with Crippen molar-refractivity contribution < 1.29 is 37.0 Å². The number of ketones is 1. The second-order valence-corrected chi connectivity index (χ2v) is 11.8. The van der Waals surface area contributed by atoms with Crippen molar-refractivity contribution in [1.82, 2.24) is 14.1 Å². The zero-order valence-corrected chi connectivity index (χ0v) is 22.8. The lowest BCUT2D eigenvalue weighted by Crippen LogP contribution is -2.40. The highest BCUT2D eigenvalue weighted by Gasteiger charge is 2.46. The van der Waals surface area contributed by atoms with E-state index in [-0.39, 0.29) is 41.2 Å². The number of hydrogen-bond donors (Lipinski definition) is 1. The van der Waals surface area contributed by atoms with Gasteiger partial charge in [-0.25, -0.2) is 12.8 Å². The third kappa shape index (κ3) is 5.68. The van der Waals surface area contributed by atoms with E-state index < -0.39 is 39.3 Å². The first-order valence-electron chi connectivity index (χ1n) is 13.3. The lowest BCUT2D eigenvalue weighted by molar-refractivity contribution is -0.140. The molecule has 40 heavy (non-hydrogen) atoms.